The summed E-state index contributed by atoms with van der Waals surface area (Å²) in [7, 11) is 0. The Balaban J connectivity index is 1.75. The van der Waals surface area contributed by atoms with Crippen LogP contribution in [0.15, 0.2) is 42.5 Å². The van der Waals surface area contributed by atoms with Gasteiger partial charge >= 0.3 is 0 Å². The van der Waals surface area contributed by atoms with Crippen molar-refractivity contribution in [2.24, 2.45) is 0 Å². The predicted molar refractivity (Wildman–Crippen MR) is 125 cm³/mol. The van der Waals surface area contributed by atoms with E-state index in [1.165, 1.54) is 0 Å². The number of nitrogens with zero attached hydrogens (tertiary/aromatic N) is 1. The minimum absolute atomic E-state index is 0.0191. The van der Waals surface area contributed by atoms with Gasteiger partial charge < -0.3 is 19.7 Å². The second-order valence-electron chi connectivity index (χ2n) is 8.57. The molecule has 1 atom stereocenters. The van der Waals surface area contributed by atoms with Crippen molar-refractivity contribution in [3.8, 4) is 11.5 Å². The molecule has 0 spiro atoms. The summed E-state index contributed by atoms with van der Waals surface area (Å²) in [5.41, 5.74) is 3.19. The molecule has 2 aromatic rings. The van der Waals surface area contributed by atoms with E-state index in [1.807, 2.05) is 70.2 Å². The van der Waals surface area contributed by atoms with Crippen LogP contribution in [0.1, 0.15) is 50.3 Å². The fraction of sp³-hybridized carbons (Fsp3) is 0.462. The molecule has 0 aliphatic carbocycles. The van der Waals surface area contributed by atoms with E-state index in [4.69, 9.17) is 9.47 Å². The van der Waals surface area contributed by atoms with Gasteiger partial charge in [0.15, 0.2) is 11.5 Å². The number of hydrogen-bond donors (Lipinski definition) is 1. The van der Waals surface area contributed by atoms with Crippen molar-refractivity contribution >= 4 is 11.8 Å². The minimum atomic E-state index is -0.508. The molecule has 172 valence electrons. The third-order valence-corrected chi connectivity index (χ3v) is 5.52. The molecule has 0 bridgehead atoms. The smallest absolute Gasteiger partial charge is 0.243 e. The van der Waals surface area contributed by atoms with Crippen LogP contribution in [0.2, 0.25) is 0 Å². The molecule has 6 nitrogen and oxygen atoms in total. The van der Waals surface area contributed by atoms with Gasteiger partial charge in [-0.05, 0) is 56.9 Å². The van der Waals surface area contributed by atoms with Crippen molar-refractivity contribution < 1.29 is 19.1 Å². The number of rotatable bonds is 9. The fourth-order valence-corrected chi connectivity index (χ4v) is 3.83. The molecule has 3 rings (SSSR count). The first-order chi connectivity index (χ1) is 15.4. The van der Waals surface area contributed by atoms with E-state index in [0.29, 0.717) is 39.0 Å². The van der Waals surface area contributed by atoms with Crippen LogP contribution in [0.3, 0.4) is 0 Å². The normalized spacial score (nSPS) is 13.5. The lowest BCUT2D eigenvalue weighted by Crippen LogP contribution is -2.50. The highest BCUT2D eigenvalue weighted by Crippen LogP contribution is 2.31. The second kappa shape index (κ2) is 11.0. The standard InChI is InChI=1S/C26H34N2O4/c1-5-22(26(30)27-18(2)3)28(17-21-8-6-19(4)7-9-21)25(29)13-11-20-10-12-23-24(16-20)32-15-14-31-23/h6-10,12,16,18,22H,5,11,13-15,17H2,1-4H3,(H,27,30)/t22-/m0/s1. The van der Waals surface area contributed by atoms with E-state index in [2.05, 4.69) is 5.32 Å². The Morgan fingerprint density at radius 2 is 1.66 bits per heavy atom. The lowest BCUT2D eigenvalue weighted by molar-refractivity contribution is -0.141. The number of aryl methyl sites for hydroxylation is 2. The Hall–Kier alpha value is -3.02. The van der Waals surface area contributed by atoms with Crippen LogP contribution in [0.25, 0.3) is 0 Å². The summed E-state index contributed by atoms with van der Waals surface area (Å²) >= 11 is 0. The van der Waals surface area contributed by atoms with Crippen LogP contribution < -0.4 is 14.8 Å². The van der Waals surface area contributed by atoms with Crippen molar-refractivity contribution in [1.82, 2.24) is 10.2 Å². The van der Waals surface area contributed by atoms with E-state index in [1.54, 1.807) is 4.90 Å². The van der Waals surface area contributed by atoms with Crippen LogP contribution in [0.4, 0.5) is 0 Å². The zero-order chi connectivity index (χ0) is 23.1. The predicted octanol–water partition coefficient (Wildman–Crippen LogP) is 4.03. The molecule has 32 heavy (non-hydrogen) atoms. The molecule has 2 amide bonds. The first-order valence-corrected chi connectivity index (χ1v) is 11.4. The molecule has 0 aromatic heterocycles. The van der Waals surface area contributed by atoms with Crippen LogP contribution in [0.5, 0.6) is 11.5 Å². The molecule has 1 N–H and O–H groups in total. The van der Waals surface area contributed by atoms with E-state index in [9.17, 15) is 9.59 Å². The van der Waals surface area contributed by atoms with E-state index in [-0.39, 0.29) is 17.9 Å². The first-order valence-electron chi connectivity index (χ1n) is 11.4. The summed E-state index contributed by atoms with van der Waals surface area (Å²) in [4.78, 5) is 28.0. The molecule has 1 aliphatic heterocycles. The van der Waals surface area contributed by atoms with Crippen LogP contribution in [-0.4, -0.2) is 42.0 Å². The Bertz CT molecular complexity index is 924. The number of ether oxygens (including phenoxy) is 2. The second-order valence-corrected chi connectivity index (χ2v) is 8.57. The molecule has 0 saturated carbocycles. The number of carbonyl (C=O) groups excluding carboxylic acids is 2. The quantitative estimate of drug-likeness (QED) is 0.642. The maximum atomic E-state index is 13.4. The Kier molecular flexibility index (Phi) is 8.14. The summed E-state index contributed by atoms with van der Waals surface area (Å²) < 4.78 is 11.2. The average Bonchev–Trinajstić information content (AvgIpc) is 2.78. The van der Waals surface area contributed by atoms with E-state index >= 15 is 0 Å². The number of nitrogens with one attached hydrogen (secondary N) is 1. The van der Waals surface area contributed by atoms with Gasteiger partial charge in [-0.3, -0.25) is 9.59 Å². The van der Waals surface area contributed by atoms with Crippen molar-refractivity contribution in [3.63, 3.8) is 0 Å². The maximum Gasteiger partial charge on any atom is 0.243 e. The molecule has 0 fully saturated rings. The molecule has 0 saturated heterocycles. The van der Waals surface area contributed by atoms with Gasteiger partial charge in [-0.25, -0.2) is 0 Å². The summed E-state index contributed by atoms with van der Waals surface area (Å²) in [6, 6.07) is 13.4. The van der Waals surface area contributed by atoms with Gasteiger partial charge in [0.25, 0.3) is 0 Å². The number of amides is 2. The Morgan fingerprint density at radius 1 is 1.00 bits per heavy atom. The Morgan fingerprint density at radius 3 is 2.31 bits per heavy atom. The number of benzene rings is 2. The molecular weight excluding hydrogens is 404 g/mol. The monoisotopic (exact) mass is 438 g/mol. The van der Waals surface area contributed by atoms with E-state index in [0.717, 1.165) is 28.2 Å². The maximum absolute atomic E-state index is 13.4. The lowest BCUT2D eigenvalue weighted by atomic mass is 10.0. The number of carbonyl (C=O) groups is 2. The van der Waals surface area contributed by atoms with Crippen molar-refractivity contribution in [2.45, 2.75) is 65.6 Å². The molecular formula is C26H34N2O4. The summed E-state index contributed by atoms with van der Waals surface area (Å²) in [6.07, 6.45) is 1.44. The van der Waals surface area contributed by atoms with Gasteiger partial charge in [-0.15, -0.1) is 0 Å². The van der Waals surface area contributed by atoms with Gasteiger partial charge in [0.05, 0.1) is 0 Å². The zero-order valence-corrected chi connectivity index (χ0v) is 19.5. The highest BCUT2D eigenvalue weighted by molar-refractivity contribution is 5.87. The van der Waals surface area contributed by atoms with Gasteiger partial charge in [-0.1, -0.05) is 42.8 Å². The van der Waals surface area contributed by atoms with Crippen molar-refractivity contribution in [2.75, 3.05) is 13.2 Å². The van der Waals surface area contributed by atoms with Crippen molar-refractivity contribution in [1.29, 1.82) is 0 Å². The van der Waals surface area contributed by atoms with Crippen molar-refractivity contribution in [3.05, 3.63) is 59.2 Å². The highest BCUT2D eigenvalue weighted by Gasteiger charge is 2.28. The molecule has 1 aliphatic rings. The molecule has 0 unspecified atom stereocenters. The van der Waals surface area contributed by atoms with Crippen LogP contribution in [-0.2, 0) is 22.6 Å². The van der Waals surface area contributed by atoms with Crippen LogP contribution in [0, 0.1) is 6.92 Å². The van der Waals surface area contributed by atoms with Gasteiger partial charge in [0.2, 0.25) is 11.8 Å². The third-order valence-electron chi connectivity index (χ3n) is 5.52. The highest BCUT2D eigenvalue weighted by atomic mass is 16.6. The third kappa shape index (κ3) is 6.25. The zero-order valence-electron chi connectivity index (χ0n) is 19.5. The first kappa shape index (κ1) is 23.6. The summed E-state index contributed by atoms with van der Waals surface area (Å²) in [5, 5.41) is 2.97. The van der Waals surface area contributed by atoms with E-state index < -0.39 is 6.04 Å². The molecule has 0 radical (unpaired) electrons. The minimum Gasteiger partial charge on any atom is -0.486 e. The molecule has 6 heteroatoms. The SMILES string of the molecule is CC[C@@H](C(=O)NC(C)C)N(Cc1ccc(C)cc1)C(=O)CCc1ccc2c(c1)OCCO2. The average molecular weight is 439 g/mol. The Labute approximate surface area is 190 Å². The summed E-state index contributed by atoms with van der Waals surface area (Å²) in [6.45, 7) is 9.33. The molecule has 2 aromatic carbocycles. The van der Waals surface area contributed by atoms with Gasteiger partial charge in [-0.2, -0.15) is 0 Å². The van der Waals surface area contributed by atoms with Gasteiger partial charge in [0.1, 0.15) is 19.3 Å². The fourth-order valence-electron chi connectivity index (χ4n) is 3.83. The van der Waals surface area contributed by atoms with Crippen LogP contribution >= 0.6 is 0 Å². The molecule has 1 heterocycles. The van der Waals surface area contributed by atoms with Gasteiger partial charge in [0, 0.05) is 19.0 Å². The lowest BCUT2D eigenvalue weighted by Gasteiger charge is -2.31. The number of fused-ring (bicyclic) bond motifs is 1. The topological polar surface area (TPSA) is 67.9 Å². The number of hydrogen-bond acceptors (Lipinski definition) is 4. The largest absolute Gasteiger partial charge is 0.486 e. The summed E-state index contributed by atoms with van der Waals surface area (Å²) in [5.74, 6) is 1.32.